The lowest BCUT2D eigenvalue weighted by atomic mass is 10.2. The molecule has 0 saturated heterocycles. The van der Waals surface area contributed by atoms with Gasteiger partial charge in [-0.2, -0.15) is 5.10 Å². The summed E-state index contributed by atoms with van der Waals surface area (Å²) < 4.78 is 11.0. The second kappa shape index (κ2) is 8.79. The van der Waals surface area contributed by atoms with E-state index in [0.717, 1.165) is 24.2 Å². The fourth-order valence-electron chi connectivity index (χ4n) is 1.58. The number of nitrogens with zero attached hydrogens (tertiary/aromatic N) is 2. The molecule has 6 heteroatoms. The molecule has 0 aliphatic carbocycles. The van der Waals surface area contributed by atoms with Crippen LogP contribution in [0.25, 0.3) is 0 Å². The van der Waals surface area contributed by atoms with E-state index in [9.17, 15) is 0 Å². The van der Waals surface area contributed by atoms with Gasteiger partial charge >= 0.3 is 0 Å². The van der Waals surface area contributed by atoms with E-state index in [4.69, 9.17) is 20.9 Å². The first-order valence-electron chi connectivity index (χ1n) is 6.60. The molecular formula is C14H22N4O2. The van der Waals surface area contributed by atoms with Crippen LogP contribution in [0.2, 0.25) is 0 Å². The lowest BCUT2D eigenvalue weighted by Crippen LogP contribution is -2.21. The number of ether oxygens (including phenoxy) is 2. The van der Waals surface area contributed by atoms with Crippen LogP contribution in [0.5, 0.6) is 11.5 Å². The Kier molecular flexibility index (Phi) is 6.95. The van der Waals surface area contributed by atoms with E-state index in [1.54, 1.807) is 13.3 Å². The van der Waals surface area contributed by atoms with Crippen molar-refractivity contribution < 1.29 is 9.47 Å². The molecule has 0 spiro atoms. The Balaban J connectivity index is 2.69. The van der Waals surface area contributed by atoms with E-state index >= 15 is 0 Å². The van der Waals surface area contributed by atoms with Crippen molar-refractivity contribution >= 4 is 12.2 Å². The fraction of sp³-hybridized carbons (Fsp3) is 0.429. The smallest absolute Gasteiger partial charge is 0.211 e. The van der Waals surface area contributed by atoms with E-state index in [0.29, 0.717) is 12.4 Å². The van der Waals surface area contributed by atoms with Crippen LogP contribution in [0.3, 0.4) is 0 Å². The lowest BCUT2D eigenvalue weighted by molar-refractivity contribution is 0.286. The van der Waals surface area contributed by atoms with Gasteiger partial charge in [0.05, 0.1) is 19.9 Å². The first-order valence-corrected chi connectivity index (χ1v) is 6.60. The number of unbranched alkanes of at least 4 members (excludes halogenated alkanes) is 2. The molecule has 0 amide bonds. The largest absolute Gasteiger partial charge is 0.493 e. The number of hydrogen-bond donors (Lipinski definition) is 2. The molecule has 1 aromatic rings. The summed E-state index contributed by atoms with van der Waals surface area (Å²) in [6.07, 6.45) is 4.91. The first kappa shape index (κ1) is 15.8. The number of benzene rings is 1. The van der Waals surface area contributed by atoms with Crippen molar-refractivity contribution in [1.82, 2.24) is 0 Å². The Morgan fingerprint density at radius 1 is 1.25 bits per heavy atom. The zero-order valence-electron chi connectivity index (χ0n) is 12.0. The van der Waals surface area contributed by atoms with E-state index in [-0.39, 0.29) is 5.96 Å². The molecular weight excluding hydrogens is 256 g/mol. The zero-order chi connectivity index (χ0) is 14.8. The summed E-state index contributed by atoms with van der Waals surface area (Å²) in [6, 6.07) is 5.53. The maximum Gasteiger partial charge on any atom is 0.211 e. The quantitative estimate of drug-likeness (QED) is 0.328. The molecule has 0 aliphatic heterocycles. The van der Waals surface area contributed by atoms with Crippen molar-refractivity contribution in [3.8, 4) is 11.5 Å². The van der Waals surface area contributed by atoms with Gasteiger partial charge in [0.25, 0.3) is 0 Å². The lowest BCUT2D eigenvalue weighted by Gasteiger charge is -2.10. The van der Waals surface area contributed by atoms with Crippen molar-refractivity contribution in [3.63, 3.8) is 0 Å². The summed E-state index contributed by atoms with van der Waals surface area (Å²) in [5.74, 6) is 1.31. The Labute approximate surface area is 119 Å². The first-order chi connectivity index (χ1) is 9.67. The molecule has 0 radical (unpaired) electrons. The molecule has 0 fully saturated rings. The van der Waals surface area contributed by atoms with Crippen molar-refractivity contribution in [2.75, 3.05) is 13.7 Å². The fourth-order valence-corrected chi connectivity index (χ4v) is 1.58. The topological polar surface area (TPSA) is 95.2 Å². The molecule has 1 rings (SSSR count). The molecule has 1 aromatic carbocycles. The van der Waals surface area contributed by atoms with Crippen LogP contribution in [-0.2, 0) is 0 Å². The minimum Gasteiger partial charge on any atom is -0.493 e. The van der Waals surface area contributed by atoms with Crippen LogP contribution in [-0.4, -0.2) is 25.9 Å². The van der Waals surface area contributed by atoms with Crippen molar-refractivity contribution in [3.05, 3.63) is 23.8 Å². The molecule has 0 atom stereocenters. The van der Waals surface area contributed by atoms with E-state index in [1.165, 1.54) is 6.42 Å². The summed E-state index contributed by atoms with van der Waals surface area (Å²) in [5.41, 5.74) is 11.2. The molecule has 6 nitrogen and oxygen atoms in total. The number of nitrogens with two attached hydrogens (primary N) is 2. The monoisotopic (exact) mass is 278 g/mol. The number of guanidine groups is 1. The highest BCUT2D eigenvalue weighted by atomic mass is 16.5. The van der Waals surface area contributed by atoms with Gasteiger partial charge in [0.1, 0.15) is 0 Å². The molecule has 4 N–H and O–H groups in total. The van der Waals surface area contributed by atoms with Crippen molar-refractivity contribution in [2.45, 2.75) is 26.2 Å². The van der Waals surface area contributed by atoms with Gasteiger partial charge in [0.15, 0.2) is 11.5 Å². The minimum atomic E-state index is -0.0795. The van der Waals surface area contributed by atoms with Gasteiger partial charge in [0, 0.05) is 0 Å². The highest BCUT2D eigenvalue weighted by molar-refractivity contribution is 5.82. The summed E-state index contributed by atoms with van der Waals surface area (Å²) in [7, 11) is 1.60. The van der Waals surface area contributed by atoms with E-state index < -0.39 is 0 Å². The van der Waals surface area contributed by atoms with Crippen molar-refractivity contribution in [2.24, 2.45) is 21.7 Å². The summed E-state index contributed by atoms with van der Waals surface area (Å²) in [6.45, 7) is 2.84. The van der Waals surface area contributed by atoms with Gasteiger partial charge < -0.3 is 20.9 Å². The second-order valence-electron chi connectivity index (χ2n) is 4.24. The average Bonchev–Trinajstić information content (AvgIpc) is 2.44. The Bertz CT molecular complexity index is 468. The predicted molar refractivity (Wildman–Crippen MR) is 81.4 cm³/mol. The third-order valence-corrected chi connectivity index (χ3v) is 2.57. The van der Waals surface area contributed by atoms with Gasteiger partial charge in [-0.15, -0.1) is 5.10 Å². The standard InChI is InChI=1S/C14H22N4O2/c1-3-4-5-8-20-12-7-6-11(9-13(12)19-2)10-17-18-14(15)16/h6-7,9-10H,3-5,8H2,1-2H3,(H4,15,16,18)/b17-10+. The Hall–Kier alpha value is -2.24. The average molecular weight is 278 g/mol. The molecule has 0 aromatic heterocycles. The Morgan fingerprint density at radius 3 is 2.70 bits per heavy atom. The van der Waals surface area contributed by atoms with Gasteiger partial charge in [0.2, 0.25) is 5.96 Å². The predicted octanol–water partition coefficient (Wildman–Crippen LogP) is 1.87. The third-order valence-electron chi connectivity index (χ3n) is 2.57. The number of rotatable bonds is 8. The highest BCUT2D eigenvalue weighted by Crippen LogP contribution is 2.27. The third kappa shape index (κ3) is 5.60. The number of methoxy groups -OCH3 is 1. The molecule has 0 heterocycles. The summed E-state index contributed by atoms with van der Waals surface area (Å²) in [5, 5.41) is 7.29. The van der Waals surface area contributed by atoms with Crippen LogP contribution in [0, 0.1) is 0 Å². The molecule has 20 heavy (non-hydrogen) atoms. The zero-order valence-corrected chi connectivity index (χ0v) is 12.0. The van der Waals surface area contributed by atoms with Crippen molar-refractivity contribution in [1.29, 1.82) is 0 Å². The highest BCUT2D eigenvalue weighted by Gasteiger charge is 2.04. The molecule has 0 bridgehead atoms. The maximum atomic E-state index is 5.69. The van der Waals surface area contributed by atoms with E-state index in [2.05, 4.69) is 17.1 Å². The molecule has 0 aliphatic rings. The van der Waals surface area contributed by atoms with Gasteiger partial charge in [-0.3, -0.25) is 0 Å². The minimum absolute atomic E-state index is 0.0795. The van der Waals surface area contributed by atoms with Crippen LogP contribution < -0.4 is 20.9 Å². The maximum absolute atomic E-state index is 5.69. The molecule has 0 unspecified atom stereocenters. The van der Waals surface area contributed by atoms with Gasteiger partial charge in [-0.25, -0.2) is 0 Å². The number of hydrogen-bond acceptors (Lipinski definition) is 4. The Morgan fingerprint density at radius 2 is 2.05 bits per heavy atom. The van der Waals surface area contributed by atoms with Crippen LogP contribution in [0.4, 0.5) is 0 Å². The van der Waals surface area contributed by atoms with Crippen LogP contribution in [0.1, 0.15) is 31.7 Å². The molecule has 110 valence electrons. The van der Waals surface area contributed by atoms with E-state index in [1.807, 2.05) is 18.2 Å². The second-order valence-corrected chi connectivity index (χ2v) is 4.24. The van der Waals surface area contributed by atoms with Gasteiger partial charge in [-0.05, 0) is 30.2 Å². The summed E-state index contributed by atoms with van der Waals surface area (Å²) >= 11 is 0. The van der Waals surface area contributed by atoms with Crippen LogP contribution >= 0.6 is 0 Å². The SMILES string of the molecule is CCCCCOc1ccc(/C=N/N=C(N)N)cc1OC. The van der Waals surface area contributed by atoms with Gasteiger partial charge in [-0.1, -0.05) is 19.8 Å². The normalized spacial score (nSPS) is 10.5. The van der Waals surface area contributed by atoms with Crippen LogP contribution in [0.15, 0.2) is 28.4 Å². The summed E-state index contributed by atoms with van der Waals surface area (Å²) in [4.78, 5) is 0. The molecule has 0 saturated carbocycles.